The molecule has 3 atom stereocenters. The summed E-state index contributed by atoms with van der Waals surface area (Å²) in [6, 6.07) is 22.3. The standard InChI is InChI=1S/3C12H16N4O.2CH4.2Zn/c3*1-13-10(12(17)14-2)7-11-15-8-5-3-4-6-9(8)16-11;;;;/h3-6,10,13H,7H2,1-2H3,(H,14,17)(H,15,16);2*3-6,10,13H,7H2,1-2H3,(H2,14,15,16,17);2*1H4;;/q;;;;;;+2/p-2/t3*10-;;;;/m000..../s1. The van der Waals surface area contributed by atoms with Crippen molar-refractivity contribution in [1.29, 1.82) is 0 Å². The van der Waals surface area contributed by atoms with E-state index < -0.39 is 0 Å². The van der Waals surface area contributed by atoms with Gasteiger partial charge in [-0.05, 0) is 68.2 Å². The van der Waals surface area contributed by atoms with E-state index in [1.807, 2.05) is 72.8 Å². The molecular weight excluding hydrogens is 803 g/mol. The second-order valence-corrected chi connectivity index (χ2v) is 11.4. The third-order valence-electron chi connectivity index (χ3n) is 8.10. The van der Waals surface area contributed by atoms with E-state index in [4.69, 9.17) is 0 Å². The number of amides is 3. The number of H-pyrrole nitrogens is 1. The Morgan fingerprint density at radius 3 is 1.29 bits per heavy atom. The zero-order valence-electron chi connectivity index (χ0n) is 31.2. The van der Waals surface area contributed by atoms with E-state index in [0.717, 1.165) is 38.9 Å². The summed E-state index contributed by atoms with van der Waals surface area (Å²) >= 11 is 0. The first kappa shape index (κ1) is 50.6. The van der Waals surface area contributed by atoms with Gasteiger partial charge in [0.2, 0.25) is 17.7 Å². The SMILES string of the molecule is C.C.CNC(=O)[C@H](Cc1nc2ccccc2[n-]1)NC.CNC(=O)[C@H](Cc1nc2ccccc2[n-]1)NC.CNC(=O)[C@H](Cc1nc2ccccc2[nH]1)NC.[Zn+2].[Zn]. The number of nitrogens with zero attached hydrogens (tertiary/aromatic N) is 5. The summed E-state index contributed by atoms with van der Waals surface area (Å²) in [5.74, 6) is 2.05. The number of nitrogens with one attached hydrogen (secondary N) is 7. The summed E-state index contributed by atoms with van der Waals surface area (Å²) in [7, 11) is 10.1. The number of carbonyl (C=O) groups is 3. The normalized spacial score (nSPS) is 11.7. The van der Waals surface area contributed by atoms with E-state index in [-0.39, 0.29) is 89.7 Å². The molecular formula is C38H54N12O3Zn2. The molecule has 0 fully saturated rings. The summed E-state index contributed by atoms with van der Waals surface area (Å²) in [5, 5.41) is 16.7. The molecule has 0 aliphatic heterocycles. The van der Waals surface area contributed by atoms with E-state index in [9.17, 15) is 14.4 Å². The molecule has 55 heavy (non-hydrogen) atoms. The molecule has 0 radical (unpaired) electrons. The van der Waals surface area contributed by atoms with Crippen LogP contribution in [0.25, 0.3) is 33.1 Å². The minimum atomic E-state index is -0.295. The van der Waals surface area contributed by atoms with E-state index in [0.29, 0.717) is 30.9 Å². The number of fused-ring (bicyclic) bond motifs is 3. The molecule has 0 saturated heterocycles. The number of hydrogen-bond acceptors (Lipinski definition) is 9. The zero-order chi connectivity index (χ0) is 36.8. The number of rotatable bonds is 12. The predicted molar refractivity (Wildman–Crippen MR) is 212 cm³/mol. The fraction of sp³-hybridized carbons (Fsp3) is 0.368. The monoisotopic (exact) mass is 854 g/mol. The fourth-order valence-electron chi connectivity index (χ4n) is 5.26. The minimum Gasteiger partial charge on any atom is -0.440 e. The number of benzene rings is 3. The number of likely N-dealkylation sites (N-methyl/N-ethyl adjacent to an activating group) is 6. The third kappa shape index (κ3) is 14.3. The summed E-state index contributed by atoms with van der Waals surface area (Å²) in [6.45, 7) is 0. The van der Waals surface area contributed by atoms with Gasteiger partial charge >= 0.3 is 19.5 Å². The summed E-state index contributed by atoms with van der Waals surface area (Å²) < 4.78 is 0. The van der Waals surface area contributed by atoms with Crippen LogP contribution in [0.3, 0.4) is 0 Å². The molecule has 17 heteroatoms. The molecule has 3 amide bonds. The van der Waals surface area contributed by atoms with Crippen molar-refractivity contribution in [3.63, 3.8) is 0 Å². The molecule has 6 rings (SSSR count). The van der Waals surface area contributed by atoms with Gasteiger partial charge in [-0.25, -0.2) is 4.98 Å². The molecule has 0 bridgehead atoms. The van der Waals surface area contributed by atoms with Crippen molar-refractivity contribution in [1.82, 2.24) is 61.8 Å². The van der Waals surface area contributed by atoms with E-state index in [1.54, 1.807) is 42.3 Å². The van der Waals surface area contributed by atoms with Crippen molar-refractivity contribution in [2.45, 2.75) is 52.2 Å². The van der Waals surface area contributed by atoms with Gasteiger partial charge in [-0.3, -0.25) is 14.4 Å². The van der Waals surface area contributed by atoms with Crippen LogP contribution in [0.1, 0.15) is 32.3 Å². The molecule has 7 N–H and O–H groups in total. The van der Waals surface area contributed by atoms with Crippen LogP contribution in [0.2, 0.25) is 0 Å². The average Bonchev–Trinajstić information content (AvgIpc) is 3.90. The van der Waals surface area contributed by atoms with Crippen molar-refractivity contribution in [3.05, 3.63) is 90.3 Å². The second kappa shape index (κ2) is 25.6. The minimum absolute atomic E-state index is 0. The number of imidazole rings is 3. The maximum Gasteiger partial charge on any atom is 2.00 e. The van der Waals surface area contributed by atoms with Gasteiger partial charge in [0.1, 0.15) is 5.82 Å². The number of aromatic nitrogens is 6. The fourth-order valence-corrected chi connectivity index (χ4v) is 5.26. The Hall–Kier alpha value is -4.39. The number of hydrogen-bond donors (Lipinski definition) is 7. The molecule has 3 aromatic heterocycles. The number of carbonyl (C=O) groups excluding carboxylic acids is 3. The van der Waals surface area contributed by atoms with Crippen molar-refractivity contribution in [2.75, 3.05) is 42.3 Å². The Morgan fingerprint density at radius 1 is 0.564 bits per heavy atom. The third-order valence-corrected chi connectivity index (χ3v) is 8.10. The molecule has 15 nitrogen and oxygen atoms in total. The Kier molecular flexibility index (Phi) is 23.6. The van der Waals surface area contributed by atoms with Crippen molar-refractivity contribution in [3.8, 4) is 0 Å². The van der Waals surface area contributed by atoms with Gasteiger partial charge in [0.15, 0.2) is 0 Å². The number of para-hydroxylation sites is 6. The predicted octanol–water partition coefficient (Wildman–Crippen LogP) is 1.84. The van der Waals surface area contributed by atoms with Crippen LogP contribution < -0.4 is 41.9 Å². The maximum atomic E-state index is 11.5. The van der Waals surface area contributed by atoms with E-state index >= 15 is 0 Å². The summed E-state index contributed by atoms with van der Waals surface area (Å²) in [5.41, 5.74) is 5.40. The molecule has 0 aliphatic rings. The van der Waals surface area contributed by atoms with Crippen LogP contribution in [0.4, 0.5) is 0 Å². The maximum absolute atomic E-state index is 11.5. The Balaban J connectivity index is 0.000000767. The van der Waals surface area contributed by atoms with Crippen molar-refractivity contribution in [2.24, 2.45) is 0 Å². The first-order valence-corrected chi connectivity index (χ1v) is 16.6. The van der Waals surface area contributed by atoms with E-state index in [1.165, 1.54) is 0 Å². The molecule has 0 aliphatic carbocycles. The van der Waals surface area contributed by atoms with E-state index in [2.05, 4.69) is 61.8 Å². The van der Waals surface area contributed by atoms with Gasteiger partial charge < -0.3 is 56.8 Å². The van der Waals surface area contributed by atoms with Gasteiger partial charge in [0.05, 0.1) is 29.2 Å². The molecule has 0 unspecified atom stereocenters. The Bertz CT molecular complexity index is 1700. The summed E-state index contributed by atoms with van der Waals surface area (Å²) in [4.78, 5) is 59.8. The molecule has 288 valence electrons. The van der Waals surface area contributed by atoms with Gasteiger partial charge in [0, 0.05) is 47.0 Å². The Labute approximate surface area is 349 Å². The molecule has 3 aromatic carbocycles. The molecule has 0 saturated carbocycles. The first-order chi connectivity index (χ1) is 24.7. The topological polar surface area (TPSA) is 206 Å². The smallest absolute Gasteiger partial charge is 0.440 e. The summed E-state index contributed by atoms with van der Waals surface area (Å²) in [6.07, 6.45) is 1.53. The van der Waals surface area contributed by atoms with Gasteiger partial charge in [-0.1, -0.05) is 87.2 Å². The van der Waals surface area contributed by atoms with Crippen LogP contribution in [0.15, 0.2) is 72.8 Å². The molecule has 0 spiro atoms. The second-order valence-electron chi connectivity index (χ2n) is 11.4. The number of aromatic amines is 1. The zero-order valence-corrected chi connectivity index (χ0v) is 37.1. The first-order valence-electron chi connectivity index (χ1n) is 16.6. The van der Waals surface area contributed by atoms with Crippen LogP contribution in [0.5, 0.6) is 0 Å². The molecule has 3 heterocycles. The largest absolute Gasteiger partial charge is 2.00 e. The van der Waals surface area contributed by atoms with Crippen LogP contribution >= 0.6 is 0 Å². The molecule has 6 aromatic rings. The van der Waals surface area contributed by atoms with Gasteiger partial charge in [-0.15, -0.1) is 0 Å². The van der Waals surface area contributed by atoms with Crippen LogP contribution in [-0.4, -0.2) is 98.1 Å². The van der Waals surface area contributed by atoms with Crippen LogP contribution in [0, 0.1) is 0 Å². The van der Waals surface area contributed by atoms with Crippen molar-refractivity contribution < 1.29 is 53.3 Å². The van der Waals surface area contributed by atoms with Gasteiger partial charge in [0.25, 0.3) is 0 Å². The average molecular weight is 858 g/mol. The van der Waals surface area contributed by atoms with Crippen molar-refractivity contribution >= 4 is 50.8 Å². The quantitative estimate of drug-likeness (QED) is 0.0885. The van der Waals surface area contributed by atoms with Crippen LogP contribution in [-0.2, 0) is 72.6 Å². The Morgan fingerprint density at radius 2 is 0.927 bits per heavy atom. The van der Waals surface area contributed by atoms with Gasteiger partial charge in [-0.2, -0.15) is 0 Å².